The lowest BCUT2D eigenvalue weighted by Crippen LogP contribution is -2.13. The van der Waals surface area contributed by atoms with Gasteiger partial charge in [0.05, 0.1) is 0 Å². The van der Waals surface area contributed by atoms with Crippen LogP contribution in [-0.2, 0) is 0 Å². The first kappa shape index (κ1) is 13.5. The number of benzene rings is 1. The molecule has 96 valence electrons. The van der Waals surface area contributed by atoms with Crippen LogP contribution in [0.3, 0.4) is 0 Å². The molecule has 19 heavy (non-hydrogen) atoms. The van der Waals surface area contributed by atoms with E-state index in [0.717, 1.165) is 21.3 Å². The van der Waals surface area contributed by atoms with Crippen molar-refractivity contribution in [2.75, 3.05) is 0 Å². The Morgan fingerprint density at radius 1 is 1.32 bits per heavy atom. The third-order valence-corrected chi connectivity index (χ3v) is 3.32. The van der Waals surface area contributed by atoms with Gasteiger partial charge in [-0.3, -0.25) is 9.79 Å². The first-order chi connectivity index (χ1) is 9.11. The maximum absolute atomic E-state index is 11.9. The normalized spacial score (nSPS) is 10.8. The highest BCUT2D eigenvalue weighted by molar-refractivity contribution is 9.10. The Labute approximate surface area is 119 Å². The second kappa shape index (κ2) is 5.80. The van der Waals surface area contributed by atoms with Gasteiger partial charge < -0.3 is 4.98 Å². The van der Waals surface area contributed by atoms with Crippen LogP contribution in [-0.4, -0.2) is 11.2 Å². The van der Waals surface area contributed by atoms with Gasteiger partial charge in [-0.25, -0.2) is 0 Å². The fourth-order valence-electron chi connectivity index (χ4n) is 1.70. The lowest BCUT2D eigenvalue weighted by atomic mass is 10.1. The van der Waals surface area contributed by atoms with E-state index in [1.165, 1.54) is 6.20 Å². The van der Waals surface area contributed by atoms with E-state index in [1.807, 2.05) is 30.3 Å². The van der Waals surface area contributed by atoms with Crippen molar-refractivity contribution in [3.05, 3.63) is 69.1 Å². The third kappa shape index (κ3) is 3.09. The van der Waals surface area contributed by atoms with E-state index in [-0.39, 0.29) is 5.56 Å². The molecule has 0 aliphatic heterocycles. The smallest absolute Gasteiger partial charge is 0.251 e. The van der Waals surface area contributed by atoms with E-state index in [2.05, 4.69) is 32.5 Å². The average molecular weight is 317 g/mol. The van der Waals surface area contributed by atoms with E-state index < -0.39 is 0 Å². The minimum Gasteiger partial charge on any atom is -0.322 e. The molecule has 0 saturated carbocycles. The Balaban J connectivity index is 2.56. The van der Waals surface area contributed by atoms with Crippen molar-refractivity contribution in [1.82, 2.24) is 4.98 Å². The summed E-state index contributed by atoms with van der Waals surface area (Å²) in [6.45, 7) is 5.30. The SMILES string of the molecule is C=CN=Cc1cc(-c2ccc(Br)cc2)[nH]c(=O)c1C. The van der Waals surface area contributed by atoms with E-state index in [4.69, 9.17) is 0 Å². The highest BCUT2D eigenvalue weighted by atomic mass is 79.9. The minimum atomic E-state index is -0.106. The zero-order valence-electron chi connectivity index (χ0n) is 10.5. The first-order valence-corrected chi connectivity index (χ1v) is 6.55. The van der Waals surface area contributed by atoms with Crippen LogP contribution >= 0.6 is 15.9 Å². The van der Waals surface area contributed by atoms with Gasteiger partial charge in [0.2, 0.25) is 0 Å². The molecular weight excluding hydrogens is 304 g/mol. The molecule has 1 aromatic heterocycles. The Morgan fingerprint density at radius 3 is 2.63 bits per heavy atom. The zero-order chi connectivity index (χ0) is 13.8. The number of aliphatic imine (C=N–C) groups is 1. The fraction of sp³-hybridized carbons (Fsp3) is 0.0667. The van der Waals surface area contributed by atoms with Gasteiger partial charge in [-0.05, 0) is 30.7 Å². The third-order valence-electron chi connectivity index (χ3n) is 2.80. The van der Waals surface area contributed by atoms with Gasteiger partial charge in [-0.1, -0.05) is 34.6 Å². The molecule has 0 aliphatic carbocycles. The van der Waals surface area contributed by atoms with Crippen molar-refractivity contribution in [1.29, 1.82) is 0 Å². The maximum Gasteiger partial charge on any atom is 0.251 e. The number of halogens is 1. The lowest BCUT2D eigenvalue weighted by Gasteiger charge is -2.05. The van der Waals surface area contributed by atoms with E-state index in [0.29, 0.717) is 5.56 Å². The largest absolute Gasteiger partial charge is 0.322 e. The number of hydrogen-bond acceptors (Lipinski definition) is 2. The van der Waals surface area contributed by atoms with Gasteiger partial charge in [0.15, 0.2) is 0 Å². The molecule has 1 N–H and O–H groups in total. The molecule has 4 heteroatoms. The van der Waals surface area contributed by atoms with Crippen LogP contribution in [0.1, 0.15) is 11.1 Å². The molecule has 0 spiro atoms. The van der Waals surface area contributed by atoms with E-state index in [9.17, 15) is 4.79 Å². The Hall–Kier alpha value is -1.94. The van der Waals surface area contributed by atoms with Crippen LogP contribution in [0, 0.1) is 6.92 Å². The van der Waals surface area contributed by atoms with Crippen molar-refractivity contribution in [2.45, 2.75) is 6.92 Å². The second-order valence-electron chi connectivity index (χ2n) is 4.06. The molecule has 0 radical (unpaired) electrons. The summed E-state index contributed by atoms with van der Waals surface area (Å²) < 4.78 is 0.999. The molecule has 0 atom stereocenters. The standard InChI is InChI=1S/C15H13BrN2O/c1-3-17-9-12-8-14(18-15(19)10(12)2)11-4-6-13(16)7-5-11/h3-9H,1H2,2H3,(H,18,19). The minimum absolute atomic E-state index is 0.106. The summed E-state index contributed by atoms with van der Waals surface area (Å²) in [7, 11) is 0. The highest BCUT2D eigenvalue weighted by Crippen LogP contribution is 2.20. The summed E-state index contributed by atoms with van der Waals surface area (Å²) in [6.07, 6.45) is 3.08. The van der Waals surface area contributed by atoms with Gasteiger partial charge in [0.1, 0.15) is 0 Å². The molecule has 0 aliphatic rings. The number of nitrogens with zero attached hydrogens (tertiary/aromatic N) is 1. The van der Waals surface area contributed by atoms with Crippen LogP contribution in [0.4, 0.5) is 0 Å². The van der Waals surface area contributed by atoms with E-state index >= 15 is 0 Å². The van der Waals surface area contributed by atoms with Crippen molar-refractivity contribution in [2.24, 2.45) is 4.99 Å². The monoisotopic (exact) mass is 316 g/mol. The fourth-order valence-corrected chi connectivity index (χ4v) is 1.96. The Kier molecular flexibility index (Phi) is 4.12. The number of aromatic amines is 1. The van der Waals surface area contributed by atoms with E-state index in [1.54, 1.807) is 13.1 Å². The predicted molar refractivity (Wildman–Crippen MR) is 82.7 cm³/mol. The molecule has 0 saturated heterocycles. The summed E-state index contributed by atoms with van der Waals surface area (Å²) in [4.78, 5) is 18.8. The van der Waals surface area contributed by atoms with Crippen LogP contribution in [0.2, 0.25) is 0 Å². The highest BCUT2D eigenvalue weighted by Gasteiger charge is 2.05. The molecule has 1 aromatic carbocycles. The van der Waals surface area contributed by atoms with Gasteiger partial charge in [-0.15, -0.1) is 0 Å². The average Bonchev–Trinajstić information content (AvgIpc) is 2.41. The summed E-state index contributed by atoms with van der Waals surface area (Å²) in [6, 6.07) is 9.67. The number of aromatic nitrogens is 1. The molecule has 0 bridgehead atoms. The van der Waals surface area contributed by atoms with Crippen LogP contribution in [0.15, 0.2) is 57.4 Å². The first-order valence-electron chi connectivity index (χ1n) is 5.76. The number of H-pyrrole nitrogens is 1. The number of nitrogens with one attached hydrogen (secondary N) is 1. The number of hydrogen-bond donors (Lipinski definition) is 1. The van der Waals surface area contributed by atoms with Crippen molar-refractivity contribution < 1.29 is 0 Å². The molecular formula is C15H13BrN2O. The summed E-state index contributed by atoms with van der Waals surface area (Å²) in [5, 5.41) is 0. The molecule has 2 aromatic rings. The predicted octanol–water partition coefficient (Wildman–Crippen LogP) is 3.68. The summed E-state index contributed by atoms with van der Waals surface area (Å²) in [5.74, 6) is 0. The zero-order valence-corrected chi connectivity index (χ0v) is 12.1. The van der Waals surface area contributed by atoms with Crippen molar-refractivity contribution >= 4 is 22.1 Å². The van der Waals surface area contributed by atoms with Gasteiger partial charge in [-0.2, -0.15) is 0 Å². The van der Waals surface area contributed by atoms with Crippen LogP contribution in [0.5, 0.6) is 0 Å². The summed E-state index contributed by atoms with van der Waals surface area (Å²) >= 11 is 3.39. The van der Waals surface area contributed by atoms with Crippen LogP contribution < -0.4 is 5.56 Å². The van der Waals surface area contributed by atoms with Crippen molar-refractivity contribution in [3.63, 3.8) is 0 Å². The molecule has 0 amide bonds. The van der Waals surface area contributed by atoms with Gasteiger partial charge >= 0.3 is 0 Å². The molecule has 2 rings (SSSR count). The summed E-state index contributed by atoms with van der Waals surface area (Å²) in [5.41, 5.74) is 3.06. The quantitative estimate of drug-likeness (QED) is 0.863. The molecule has 3 nitrogen and oxygen atoms in total. The van der Waals surface area contributed by atoms with Crippen molar-refractivity contribution in [3.8, 4) is 11.3 Å². The lowest BCUT2D eigenvalue weighted by molar-refractivity contribution is 1.18. The number of rotatable bonds is 3. The van der Waals surface area contributed by atoms with Gasteiger partial charge in [0, 0.05) is 33.7 Å². The Morgan fingerprint density at radius 2 is 2.00 bits per heavy atom. The molecule has 1 heterocycles. The van der Waals surface area contributed by atoms with Crippen LogP contribution in [0.25, 0.3) is 11.3 Å². The van der Waals surface area contributed by atoms with Gasteiger partial charge in [0.25, 0.3) is 5.56 Å². The maximum atomic E-state index is 11.9. The topological polar surface area (TPSA) is 45.2 Å². The number of pyridine rings is 1. The Bertz CT molecular complexity index is 684. The molecule has 0 unspecified atom stereocenters. The second-order valence-corrected chi connectivity index (χ2v) is 4.98. The molecule has 0 fully saturated rings.